The fraction of sp³-hybridized carbons (Fsp3) is 0.120. The summed E-state index contributed by atoms with van der Waals surface area (Å²) in [5, 5.41) is 21.1. The van der Waals surface area contributed by atoms with Crippen molar-refractivity contribution in [2.24, 2.45) is 0 Å². The highest BCUT2D eigenvalue weighted by molar-refractivity contribution is 8.00. The molecule has 0 radical (unpaired) electrons. The summed E-state index contributed by atoms with van der Waals surface area (Å²) in [6.45, 7) is 1.94. The zero-order valence-corrected chi connectivity index (χ0v) is 19.8. The van der Waals surface area contributed by atoms with Crippen molar-refractivity contribution in [3.63, 3.8) is 0 Å². The van der Waals surface area contributed by atoms with Gasteiger partial charge in [0.2, 0.25) is 5.91 Å². The number of nitriles is 1. The molecule has 0 bridgehead atoms. The van der Waals surface area contributed by atoms with Crippen molar-refractivity contribution < 1.29 is 9.53 Å². The van der Waals surface area contributed by atoms with Crippen LogP contribution in [0.3, 0.4) is 0 Å². The first-order chi connectivity index (χ1) is 16.5. The summed E-state index contributed by atoms with van der Waals surface area (Å²) in [7, 11) is 0. The van der Waals surface area contributed by atoms with E-state index in [9.17, 15) is 4.79 Å². The van der Waals surface area contributed by atoms with Crippen LogP contribution in [0.4, 0.5) is 5.69 Å². The zero-order valence-electron chi connectivity index (χ0n) is 18.2. The molecule has 7 nitrogen and oxygen atoms in total. The number of ether oxygens (including phenoxy) is 1. The number of halogens is 1. The summed E-state index contributed by atoms with van der Waals surface area (Å²) in [5.74, 6) is 0.910. The lowest BCUT2D eigenvalue weighted by atomic mass is 10.2. The van der Waals surface area contributed by atoms with Gasteiger partial charge in [0.25, 0.3) is 0 Å². The van der Waals surface area contributed by atoms with Gasteiger partial charge in [-0.25, -0.2) is 0 Å². The summed E-state index contributed by atoms with van der Waals surface area (Å²) in [6.07, 6.45) is 0. The molecule has 0 fully saturated rings. The molecule has 1 amide bonds. The van der Waals surface area contributed by atoms with Gasteiger partial charge in [-0.1, -0.05) is 59.8 Å². The topological polar surface area (TPSA) is 92.8 Å². The zero-order chi connectivity index (χ0) is 23.9. The first-order valence-electron chi connectivity index (χ1n) is 10.4. The molecule has 0 saturated heterocycles. The quantitative estimate of drug-likeness (QED) is 0.329. The Morgan fingerprint density at radius 3 is 2.65 bits per heavy atom. The first-order valence-corrected chi connectivity index (χ1v) is 11.7. The van der Waals surface area contributed by atoms with Crippen LogP contribution in [0.25, 0.3) is 5.69 Å². The minimum Gasteiger partial charge on any atom is -0.484 e. The predicted molar refractivity (Wildman–Crippen MR) is 132 cm³/mol. The molecule has 9 heteroatoms. The standard InChI is InChI=1S/C25H20ClN5O2S/c1-17(24(32)28-19-9-7-8-18(14-19)15-27)34-25-30-29-23(31(25)20-10-3-2-4-11-20)16-33-22-13-6-5-12-21(22)26/h2-14,17H,16H2,1H3,(H,28,32). The molecule has 1 atom stereocenters. The van der Waals surface area contributed by atoms with Crippen LogP contribution < -0.4 is 10.1 Å². The molecule has 4 rings (SSSR count). The van der Waals surface area contributed by atoms with Crippen LogP contribution in [0, 0.1) is 11.3 Å². The number of carbonyl (C=O) groups is 1. The molecule has 1 aromatic heterocycles. The van der Waals surface area contributed by atoms with E-state index in [-0.39, 0.29) is 12.5 Å². The van der Waals surface area contributed by atoms with E-state index < -0.39 is 5.25 Å². The van der Waals surface area contributed by atoms with Crippen LogP contribution in [-0.2, 0) is 11.4 Å². The average Bonchev–Trinajstić information content (AvgIpc) is 3.26. The molecule has 34 heavy (non-hydrogen) atoms. The van der Waals surface area contributed by atoms with E-state index in [2.05, 4.69) is 21.6 Å². The highest BCUT2D eigenvalue weighted by Gasteiger charge is 2.22. The molecule has 170 valence electrons. The third-order valence-electron chi connectivity index (χ3n) is 4.82. The number of anilines is 1. The number of hydrogen-bond acceptors (Lipinski definition) is 6. The van der Waals surface area contributed by atoms with Gasteiger partial charge in [-0.3, -0.25) is 9.36 Å². The number of carbonyl (C=O) groups excluding carboxylic acids is 1. The molecular weight excluding hydrogens is 470 g/mol. The van der Waals surface area contributed by atoms with Crippen LogP contribution in [0.5, 0.6) is 5.75 Å². The van der Waals surface area contributed by atoms with Gasteiger partial charge >= 0.3 is 0 Å². The Bertz CT molecular complexity index is 1340. The molecule has 4 aromatic rings. The predicted octanol–water partition coefficient (Wildman–Crippen LogP) is 5.49. The van der Waals surface area contributed by atoms with Gasteiger partial charge < -0.3 is 10.1 Å². The number of rotatable bonds is 8. The second kappa shape index (κ2) is 10.9. The van der Waals surface area contributed by atoms with Crippen molar-refractivity contribution in [2.75, 3.05) is 5.32 Å². The molecule has 0 aliphatic carbocycles. The van der Waals surface area contributed by atoms with Gasteiger partial charge in [0.15, 0.2) is 11.0 Å². The smallest absolute Gasteiger partial charge is 0.237 e. The van der Waals surface area contributed by atoms with Gasteiger partial charge in [0.1, 0.15) is 12.4 Å². The van der Waals surface area contributed by atoms with Crippen molar-refractivity contribution in [1.29, 1.82) is 5.26 Å². The number of thioether (sulfide) groups is 1. The second-order valence-electron chi connectivity index (χ2n) is 7.23. The molecule has 0 aliphatic rings. The second-order valence-corrected chi connectivity index (χ2v) is 8.95. The molecule has 3 aromatic carbocycles. The SMILES string of the molecule is CC(Sc1nnc(COc2ccccc2Cl)n1-c1ccccc1)C(=O)Nc1cccc(C#N)c1. The summed E-state index contributed by atoms with van der Waals surface area (Å²) in [6, 6.07) is 25.7. The summed E-state index contributed by atoms with van der Waals surface area (Å²) in [5.41, 5.74) is 1.89. The van der Waals surface area contributed by atoms with Gasteiger partial charge in [0.05, 0.1) is 21.9 Å². The molecule has 0 spiro atoms. The fourth-order valence-corrected chi connectivity index (χ4v) is 4.21. The van der Waals surface area contributed by atoms with E-state index in [0.717, 1.165) is 5.69 Å². The maximum absolute atomic E-state index is 12.8. The molecule has 0 aliphatic heterocycles. The molecule has 1 N–H and O–H groups in total. The fourth-order valence-electron chi connectivity index (χ4n) is 3.13. The number of nitrogens with zero attached hydrogens (tertiary/aromatic N) is 4. The first kappa shape index (κ1) is 23.4. The largest absolute Gasteiger partial charge is 0.484 e. The van der Waals surface area contributed by atoms with Crippen LogP contribution in [0.15, 0.2) is 84.0 Å². The van der Waals surface area contributed by atoms with Gasteiger partial charge in [-0.2, -0.15) is 5.26 Å². The Hall–Kier alpha value is -3.80. The number of nitrogens with one attached hydrogen (secondary N) is 1. The van der Waals surface area contributed by atoms with Crippen LogP contribution in [0.1, 0.15) is 18.3 Å². The Labute approximate surface area is 206 Å². The third kappa shape index (κ3) is 5.57. The molecule has 1 unspecified atom stereocenters. The molecular formula is C25H20ClN5O2S. The van der Waals surface area contributed by atoms with E-state index in [0.29, 0.717) is 33.0 Å². The lowest BCUT2D eigenvalue weighted by Crippen LogP contribution is -2.23. The highest BCUT2D eigenvalue weighted by Crippen LogP contribution is 2.28. The monoisotopic (exact) mass is 489 g/mol. The number of amides is 1. The number of hydrogen-bond donors (Lipinski definition) is 1. The average molecular weight is 490 g/mol. The highest BCUT2D eigenvalue weighted by atomic mass is 35.5. The van der Waals surface area contributed by atoms with Gasteiger partial charge in [-0.15, -0.1) is 10.2 Å². The number of benzene rings is 3. The van der Waals surface area contributed by atoms with Crippen molar-refractivity contribution in [3.8, 4) is 17.5 Å². The molecule has 1 heterocycles. The minimum atomic E-state index is -0.477. The Morgan fingerprint density at radius 1 is 1.12 bits per heavy atom. The van der Waals surface area contributed by atoms with E-state index in [4.69, 9.17) is 21.6 Å². The summed E-state index contributed by atoms with van der Waals surface area (Å²) in [4.78, 5) is 12.8. The van der Waals surface area contributed by atoms with Crippen molar-refractivity contribution in [1.82, 2.24) is 14.8 Å². The number of aromatic nitrogens is 3. The summed E-state index contributed by atoms with van der Waals surface area (Å²) < 4.78 is 7.74. The third-order valence-corrected chi connectivity index (χ3v) is 6.17. The van der Waals surface area contributed by atoms with Crippen LogP contribution >= 0.6 is 23.4 Å². The van der Waals surface area contributed by atoms with Crippen molar-refractivity contribution in [2.45, 2.75) is 23.9 Å². The van der Waals surface area contributed by atoms with E-state index in [1.54, 1.807) is 43.3 Å². The van der Waals surface area contributed by atoms with Gasteiger partial charge in [-0.05, 0) is 49.4 Å². The van der Waals surface area contributed by atoms with E-state index in [1.807, 2.05) is 47.0 Å². The Balaban J connectivity index is 1.54. The Kier molecular flexibility index (Phi) is 7.48. The van der Waals surface area contributed by atoms with Crippen LogP contribution in [0.2, 0.25) is 5.02 Å². The van der Waals surface area contributed by atoms with E-state index >= 15 is 0 Å². The Morgan fingerprint density at radius 2 is 1.88 bits per heavy atom. The molecule has 0 saturated carbocycles. The van der Waals surface area contributed by atoms with Gasteiger partial charge in [0, 0.05) is 11.4 Å². The lowest BCUT2D eigenvalue weighted by Gasteiger charge is -2.14. The summed E-state index contributed by atoms with van der Waals surface area (Å²) >= 11 is 7.49. The van der Waals surface area contributed by atoms with Crippen molar-refractivity contribution in [3.05, 3.63) is 95.3 Å². The van der Waals surface area contributed by atoms with Crippen molar-refractivity contribution >= 4 is 35.0 Å². The minimum absolute atomic E-state index is 0.147. The van der Waals surface area contributed by atoms with Crippen LogP contribution in [-0.4, -0.2) is 25.9 Å². The maximum Gasteiger partial charge on any atom is 0.237 e. The maximum atomic E-state index is 12.8. The number of para-hydroxylation sites is 2. The normalized spacial score (nSPS) is 11.4. The van der Waals surface area contributed by atoms with E-state index in [1.165, 1.54) is 11.8 Å². The lowest BCUT2D eigenvalue weighted by molar-refractivity contribution is -0.115.